The molecule has 0 atom stereocenters. The molecule has 0 unspecified atom stereocenters. The van der Waals surface area contributed by atoms with Gasteiger partial charge in [-0.05, 0) is 48.2 Å². The molecule has 0 saturated carbocycles. The number of carbonyl (C=O) groups excluding carboxylic acids is 1. The molecule has 0 aliphatic carbocycles. The molecule has 2 aromatic carbocycles. The highest BCUT2D eigenvalue weighted by atomic mass is 16.3. The quantitative estimate of drug-likeness (QED) is 0.569. The molecule has 2 heterocycles. The summed E-state index contributed by atoms with van der Waals surface area (Å²) >= 11 is 0. The first kappa shape index (κ1) is 17.8. The Bertz CT molecular complexity index is 1160. The minimum atomic E-state index is -0.188. The summed E-state index contributed by atoms with van der Waals surface area (Å²) in [6.07, 6.45) is 1.58. The summed E-state index contributed by atoms with van der Waals surface area (Å²) in [7, 11) is 0. The van der Waals surface area contributed by atoms with Crippen molar-refractivity contribution in [2.75, 3.05) is 0 Å². The lowest BCUT2D eigenvalue weighted by molar-refractivity contribution is 0.0717. The van der Waals surface area contributed by atoms with Crippen LogP contribution in [0.4, 0.5) is 0 Å². The summed E-state index contributed by atoms with van der Waals surface area (Å²) in [6, 6.07) is 20.4. The van der Waals surface area contributed by atoms with Crippen molar-refractivity contribution < 1.29 is 9.21 Å². The fourth-order valence-electron chi connectivity index (χ4n) is 3.31. The number of nitrogens with zero attached hydrogens (tertiary/aromatic N) is 1. The van der Waals surface area contributed by atoms with E-state index in [0.717, 1.165) is 16.5 Å². The second-order valence-corrected chi connectivity index (χ2v) is 6.77. The van der Waals surface area contributed by atoms with E-state index in [2.05, 4.69) is 4.98 Å². The first-order valence-electron chi connectivity index (χ1n) is 9.10. The number of carbonyl (C=O) groups is 1. The van der Waals surface area contributed by atoms with E-state index in [1.807, 2.05) is 55.5 Å². The van der Waals surface area contributed by atoms with Gasteiger partial charge < -0.3 is 14.3 Å². The number of aromatic amines is 1. The predicted octanol–water partition coefficient (Wildman–Crippen LogP) is 4.27. The number of amides is 1. The smallest absolute Gasteiger partial charge is 0.254 e. The summed E-state index contributed by atoms with van der Waals surface area (Å²) in [4.78, 5) is 30.3. The highest BCUT2D eigenvalue weighted by Crippen LogP contribution is 2.18. The number of fused-ring (bicyclic) bond motifs is 1. The Kier molecular flexibility index (Phi) is 4.81. The molecule has 0 radical (unpaired) electrons. The second kappa shape index (κ2) is 7.56. The van der Waals surface area contributed by atoms with Crippen LogP contribution in [-0.2, 0) is 13.1 Å². The molecule has 0 spiro atoms. The van der Waals surface area contributed by atoms with Crippen LogP contribution < -0.4 is 5.56 Å². The summed E-state index contributed by atoms with van der Waals surface area (Å²) in [5.74, 6) is 0.512. The van der Waals surface area contributed by atoms with Crippen LogP contribution in [0.1, 0.15) is 27.2 Å². The fourth-order valence-corrected chi connectivity index (χ4v) is 3.31. The maximum Gasteiger partial charge on any atom is 0.254 e. The standard InChI is InChI=1S/C23H20N2O3/c1-16-7-5-10-18-13-19(22(26)24-21(16)18)14-25(15-20-11-6-12-28-20)23(27)17-8-3-2-4-9-17/h2-13H,14-15H2,1H3,(H,24,26). The van der Waals surface area contributed by atoms with Crippen molar-refractivity contribution in [1.29, 1.82) is 0 Å². The van der Waals surface area contributed by atoms with Gasteiger partial charge in [-0.3, -0.25) is 9.59 Å². The molecule has 0 aliphatic rings. The van der Waals surface area contributed by atoms with Crippen molar-refractivity contribution in [3.05, 3.63) is 106 Å². The van der Waals surface area contributed by atoms with Crippen LogP contribution in [-0.4, -0.2) is 15.8 Å². The number of nitrogens with one attached hydrogen (secondary N) is 1. The van der Waals surface area contributed by atoms with Gasteiger partial charge in [-0.15, -0.1) is 0 Å². The first-order valence-corrected chi connectivity index (χ1v) is 9.10. The number of benzene rings is 2. The van der Waals surface area contributed by atoms with Gasteiger partial charge >= 0.3 is 0 Å². The summed E-state index contributed by atoms with van der Waals surface area (Å²) in [5, 5.41) is 0.944. The van der Waals surface area contributed by atoms with Crippen LogP contribution in [0.3, 0.4) is 0 Å². The Morgan fingerprint density at radius 3 is 2.57 bits per heavy atom. The van der Waals surface area contributed by atoms with Crippen molar-refractivity contribution in [2.45, 2.75) is 20.0 Å². The van der Waals surface area contributed by atoms with Crippen molar-refractivity contribution in [1.82, 2.24) is 9.88 Å². The van der Waals surface area contributed by atoms with E-state index in [4.69, 9.17) is 4.42 Å². The first-order chi connectivity index (χ1) is 13.6. The van der Waals surface area contributed by atoms with Crippen molar-refractivity contribution in [3.63, 3.8) is 0 Å². The van der Waals surface area contributed by atoms with E-state index in [0.29, 0.717) is 16.9 Å². The molecule has 0 bridgehead atoms. The summed E-state index contributed by atoms with van der Waals surface area (Å²) in [6.45, 7) is 2.43. The lowest BCUT2D eigenvalue weighted by atomic mass is 10.1. The van der Waals surface area contributed by atoms with Gasteiger partial charge in [0.1, 0.15) is 5.76 Å². The molecular weight excluding hydrogens is 352 g/mol. The van der Waals surface area contributed by atoms with E-state index in [-0.39, 0.29) is 24.6 Å². The average Bonchev–Trinajstić information content (AvgIpc) is 3.22. The van der Waals surface area contributed by atoms with E-state index in [1.165, 1.54) is 0 Å². The van der Waals surface area contributed by atoms with Gasteiger partial charge in [-0.25, -0.2) is 0 Å². The van der Waals surface area contributed by atoms with E-state index in [9.17, 15) is 9.59 Å². The zero-order valence-electron chi connectivity index (χ0n) is 15.5. The third-order valence-corrected chi connectivity index (χ3v) is 4.76. The van der Waals surface area contributed by atoms with Crippen LogP contribution in [0.25, 0.3) is 10.9 Å². The molecule has 1 N–H and O–H groups in total. The number of hydrogen-bond acceptors (Lipinski definition) is 3. The molecule has 2 aromatic heterocycles. The zero-order valence-corrected chi connectivity index (χ0v) is 15.5. The molecule has 4 aromatic rings. The van der Waals surface area contributed by atoms with E-state index >= 15 is 0 Å². The normalized spacial score (nSPS) is 10.9. The Labute approximate surface area is 162 Å². The third kappa shape index (κ3) is 3.60. The Morgan fingerprint density at radius 1 is 1.00 bits per heavy atom. The lowest BCUT2D eigenvalue weighted by Crippen LogP contribution is -2.32. The minimum Gasteiger partial charge on any atom is -0.467 e. The van der Waals surface area contributed by atoms with Crippen molar-refractivity contribution in [2.24, 2.45) is 0 Å². The molecular formula is C23H20N2O3. The Morgan fingerprint density at radius 2 is 1.82 bits per heavy atom. The number of furan rings is 1. The largest absolute Gasteiger partial charge is 0.467 e. The zero-order chi connectivity index (χ0) is 19.5. The average molecular weight is 372 g/mol. The van der Waals surface area contributed by atoms with Crippen LogP contribution >= 0.6 is 0 Å². The number of aromatic nitrogens is 1. The molecule has 5 nitrogen and oxygen atoms in total. The number of hydrogen-bond donors (Lipinski definition) is 1. The second-order valence-electron chi connectivity index (χ2n) is 6.77. The van der Waals surface area contributed by atoms with Gasteiger partial charge in [0.2, 0.25) is 0 Å². The Hall–Kier alpha value is -3.60. The number of H-pyrrole nitrogens is 1. The summed E-state index contributed by atoms with van der Waals surface area (Å²) < 4.78 is 5.42. The van der Waals surface area contributed by atoms with Crippen molar-refractivity contribution in [3.8, 4) is 0 Å². The Balaban J connectivity index is 1.71. The number of aryl methyl sites for hydroxylation is 1. The van der Waals surface area contributed by atoms with Gasteiger partial charge in [0.15, 0.2) is 0 Å². The molecule has 0 fully saturated rings. The third-order valence-electron chi connectivity index (χ3n) is 4.76. The molecule has 140 valence electrons. The van der Waals surface area contributed by atoms with Crippen LogP contribution in [0.5, 0.6) is 0 Å². The fraction of sp³-hybridized carbons (Fsp3) is 0.130. The van der Waals surface area contributed by atoms with Gasteiger partial charge in [-0.2, -0.15) is 0 Å². The molecule has 0 aliphatic heterocycles. The van der Waals surface area contributed by atoms with Crippen LogP contribution in [0, 0.1) is 6.92 Å². The minimum absolute atomic E-state index is 0.152. The van der Waals surface area contributed by atoms with Gasteiger partial charge in [0.25, 0.3) is 11.5 Å². The van der Waals surface area contributed by atoms with Gasteiger partial charge in [-0.1, -0.05) is 36.4 Å². The highest BCUT2D eigenvalue weighted by molar-refractivity contribution is 5.94. The van der Waals surface area contributed by atoms with Gasteiger partial charge in [0, 0.05) is 11.1 Å². The van der Waals surface area contributed by atoms with Crippen LogP contribution in [0.2, 0.25) is 0 Å². The topological polar surface area (TPSA) is 66.3 Å². The number of para-hydroxylation sites is 1. The molecule has 0 saturated heterocycles. The predicted molar refractivity (Wildman–Crippen MR) is 108 cm³/mol. The van der Waals surface area contributed by atoms with E-state index in [1.54, 1.807) is 29.4 Å². The number of rotatable bonds is 5. The molecule has 28 heavy (non-hydrogen) atoms. The molecule has 1 amide bonds. The maximum atomic E-state index is 13.1. The highest BCUT2D eigenvalue weighted by Gasteiger charge is 2.19. The lowest BCUT2D eigenvalue weighted by Gasteiger charge is -2.22. The molecule has 4 rings (SSSR count). The maximum absolute atomic E-state index is 13.1. The van der Waals surface area contributed by atoms with Gasteiger partial charge in [0.05, 0.1) is 24.9 Å². The van der Waals surface area contributed by atoms with Crippen LogP contribution in [0.15, 0.2) is 82.2 Å². The number of pyridine rings is 1. The SMILES string of the molecule is Cc1cccc2cc(CN(Cc3ccco3)C(=O)c3ccccc3)c(=O)[nH]c12. The monoisotopic (exact) mass is 372 g/mol. The summed E-state index contributed by atoms with van der Waals surface area (Å²) in [5.41, 5.74) is 2.75. The van der Waals surface area contributed by atoms with E-state index < -0.39 is 0 Å². The van der Waals surface area contributed by atoms with Crippen molar-refractivity contribution >= 4 is 16.8 Å². The molecule has 5 heteroatoms.